The predicted octanol–water partition coefficient (Wildman–Crippen LogP) is 4.10. The van der Waals surface area contributed by atoms with Gasteiger partial charge in [0.15, 0.2) is 0 Å². The van der Waals surface area contributed by atoms with Crippen LogP contribution in [0, 0.1) is 23.2 Å². The van der Waals surface area contributed by atoms with Crippen LogP contribution in [0.2, 0.25) is 0 Å². The van der Waals surface area contributed by atoms with E-state index in [4.69, 9.17) is 10.8 Å². The molecule has 0 radical (unpaired) electrons. The number of amides is 1. The van der Waals surface area contributed by atoms with Crippen LogP contribution in [0.15, 0.2) is 42.5 Å². The van der Waals surface area contributed by atoms with Crippen molar-refractivity contribution in [2.75, 3.05) is 0 Å². The maximum Gasteiger partial charge on any atom is 0.307 e. The van der Waals surface area contributed by atoms with Gasteiger partial charge in [-0.05, 0) is 102 Å². The highest BCUT2D eigenvalue weighted by molar-refractivity contribution is 5.92. The number of benzene rings is 2. The van der Waals surface area contributed by atoms with E-state index in [0.717, 1.165) is 49.7 Å². The first-order chi connectivity index (χ1) is 15.8. The van der Waals surface area contributed by atoms with Gasteiger partial charge in [-0.2, -0.15) is 0 Å². The zero-order chi connectivity index (χ0) is 23.3. The van der Waals surface area contributed by atoms with Crippen LogP contribution in [0.5, 0.6) is 0 Å². The maximum absolute atomic E-state index is 11.6. The van der Waals surface area contributed by atoms with Gasteiger partial charge in [0.25, 0.3) is 0 Å². The van der Waals surface area contributed by atoms with Crippen molar-refractivity contribution < 1.29 is 19.8 Å². The molecule has 5 rings (SSSR count). The number of rotatable bonds is 5. The Bertz CT molecular complexity index is 1100. The first kappa shape index (κ1) is 22.1. The number of carbonyl (C=O) groups excluding carboxylic acids is 1. The molecule has 2 aromatic carbocycles. The number of aliphatic hydroxyl groups is 1. The van der Waals surface area contributed by atoms with Gasteiger partial charge >= 0.3 is 5.97 Å². The predicted molar refractivity (Wildman–Crippen MR) is 126 cm³/mol. The molecule has 0 bridgehead atoms. The molecule has 3 aliphatic carbocycles. The van der Waals surface area contributed by atoms with Crippen LogP contribution >= 0.6 is 0 Å². The van der Waals surface area contributed by atoms with Crippen LogP contribution in [0.1, 0.15) is 71.1 Å². The third-order valence-electron chi connectivity index (χ3n) is 8.97. The van der Waals surface area contributed by atoms with Crippen LogP contribution in [0.4, 0.5) is 0 Å². The highest BCUT2D eigenvalue weighted by Crippen LogP contribution is 2.62. The Balaban J connectivity index is 1.37. The molecular weight excluding hydrogens is 414 g/mol. The first-order valence-electron chi connectivity index (χ1n) is 12.2. The number of nitrogens with two attached hydrogens (primary N) is 1. The topological polar surface area (TPSA) is 101 Å². The van der Waals surface area contributed by atoms with Gasteiger partial charge in [-0.25, -0.2) is 0 Å². The molecule has 1 amide bonds. The maximum atomic E-state index is 11.6. The SMILES string of the molecule is C[C@]12CC[C@@H]3c4ccc(CC(=O)O)cc4CC[C@H]3[C@@H]1C[C@H](Cc1cccc(C(N)=O)c1)[C@@H]2O. The molecule has 0 saturated heterocycles. The second-order valence-corrected chi connectivity index (χ2v) is 10.8. The summed E-state index contributed by atoms with van der Waals surface area (Å²) in [6, 6.07) is 13.8. The van der Waals surface area contributed by atoms with E-state index >= 15 is 0 Å². The zero-order valence-electron chi connectivity index (χ0n) is 19.2. The number of carboxylic acid groups (broad SMARTS) is 1. The lowest BCUT2D eigenvalue weighted by Gasteiger charge is -2.50. The summed E-state index contributed by atoms with van der Waals surface area (Å²) >= 11 is 0. The number of primary amides is 1. The molecule has 5 heteroatoms. The fourth-order valence-corrected chi connectivity index (χ4v) is 7.42. The molecule has 2 fully saturated rings. The van der Waals surface area contributed by atoms with Crippen molar-refractivity contribution >= 4 is 11.9 Å². The quantitative estimate of drug-likeness (QED) is 0.642. The molecule has 0 spiro atoms. The van der Waals surface area contributed by atoms with E-state index < -0.39 is 11.9 Å². The van der Waals surface area contributed by atoms with Gasteiger partial charge in [-0.15, -0.1) is 0 Å². The van der Waals surface area contributed by atoms with Crippen LogP contribution in [-0.4, -0.2) is 28.2 Å². The Kier molecular flexibility index (Phi) is 5.56. The van der Waals surface area contributed by atoms with E-state index in [-0.39, 0.29) is 23.9 Å². The largest absolute Gasteiger partial charge is 0.481 e. The van der Waals surface area contributed by atoms with Crippen molar-refractivity contribution in [3.8, 4) is 0 Å². The van der Waals surface area contributed by atoms with Crippen LogP contribution in [0.25, 0.3) is 0 Å². The zero-order valence-corrected chi connectivity index (χ0v) is 19.2. The number of carboxylic acids is 1. The lowest BCUT2D eigenvalue weighted by Crippen LogP contribution is -2.44. The van der Waals surface area contributed by atoms with Gasteiger partial charge in [0, 0.05) is 5.56 Å². The van der Waals surface area contributed by atoms with Crippen molar-refractivity contribution in [2.24, 2.45) is 28.9 Å². The standard InChI is InChI=1S/C28H33NO4/c1-28-10-9-22-21-7-5-17(14-25(30)31)11-18(21)6-8-23(22)24(28)15-20(26(28)32)13-16-3-2-4-19(12-16)27(29)33/h2-5,7,11-12,20,22-24,26,32H,6,8-10,13-15H2,1H3,(H2,29,33)(H,30,31)/t20-,22+,23+,24-,26-,28-/m0/s1. The van der Waals surface area contributed by atoms with E-state index in [2.05, 4.69) is 19.1 Å². The summed E-state index contributed by atoms with van der Waals surface area (Å²) in [5.41, 5.74) is 10.6. The summed E-state index contributed by atoms with van der Waals surface area (Å²) < 4.78 is 0. The molecule has 4 N–H and O–H groups in total. The van der Waals surface area contributed by atoms with Crippen LogP contribution < -0.4 is 5.73 Å². The minimum absolute atomic E-state index is 0.0755. The van der Waals surface area contributed by atoms with Gasteiger partial charge in [-0.3, -0.25) is 9.59 Å². The number of hydrogen-bond acceptors (Lipinski definition) is 3. The van der Waals surface area contributed by atoms with E-state index in [1.165, 1.54) is 11.1 Å². The molecule has 6 atom stereocenters. The molecule has 174 valence electrons. The number of hydrogen-bond donors (Lipinski definition) is 3. The first-order valence-corrected chi connectivity index (χ1v) is 12.2. The summed E-state index contributed by atoms with van der Waals surface area (Å²) in [5, 5.41) is 20.6. The number of aliphatic carboxylic acids is 1. The van der Waals surface area contributed by atoms with Crippen molar-refractivity contribution in [2.45, 2.75) is 63.9 Å². The molecule has 0 unspecified atom stereocenters. The highest BCUT2D eigenvalue weighted by atomic mass is 16.4. The normalized spacial score (nSPS) is 32.5. The molecular formula is C28H33NO4. The molecule has 0 aromatic heterocycles. The number of fused-ring (bicyclic) bond motifs is 5. The number of aliphatic hydroxyl groups excluding tert-OH is 1. The Hall–Kier alpha value is -2.66. The number of aryl methyl sites for hydroxylation is 1. The Morgan fingerprint density at radius 1 is 1.12 bits per heavy atom. The molecule has 2 aromatic rings. The third-order valence-corrected chi connectivity index (χ3v) is 8.97. The van der Waals surface area contributed by atoms with Gasteiger partial charge < -0.3 is 15.9 Å². The fourth-order valence-electron chi connectivity index (χ4n) is 7.42. The molecule has 2 saturated carbocycles. The molecule has 3 aliphatic rings. The molecule has 33 heavy (non-hydrogen) atoms. The average Bonchev–Trinajstić information content (AvgIpc) is 3.03. The van der Waals surface area contributed by atoms with Crippen molar-refractivity contribution in [3.05, 3.63) is 70.3 Å². The monoisotopic (exact) mass is 447 g/mol. The second kappa shape index (κ2) is 8.28. The summed E-state index contributed by atoms with van der Waals surface area (Å²) in [4.78, 5) is 22.7. The summed E-state index contributed by atoms with van der Waals surface area (Å²) in [5.74, 6) is 0.501. The van der Waals surface area contributed by atoms with E-state index in [1.807, 2.05) is 24.3 Å². The van der Waals surface area contributed by atoms with Crippen molar-refractivity contribution in [3.63, 3.8) is 0 Å². The summed E-state index contributed by atoms with van der Waals surface area (Å²) in [6.45, 7) is 2.28. The Labute approximate surface area is 195 Å². The van der Waals surface area contributed by atoms with Gasteiger partial charge in [0.2, 0.25) is 5.91 Å². The second-order valence-electron chi connectivity index (χ2n) is 10.8. The molecule has 0 heterocycles. The van der Waals surface area contributed by atoms with Gasteiger partial charge in [0.1, 0.15) is 0 Å². The van der Waals surface area contributed by atoms with Crippen molar-refractivity contribution in [1.82, 2.24) is 0 Å². The minimum atomic E-state index is -0.788. The third kappa shape index (κ3) is 3.86. The summed E-state index contributed by atoms with van der Waals surface area (Å²) in [7, 11) is 0. The summed E-state index contributed by atoms with van der Waals surface area (Å²) in [6.07, 6.45) is 5.67. The van der Waals surface area contributed by atoms with E-state index in [1.54, 1.807) is 6.07 Å². The van der Waals surface area contributed by atoms with Crippen molar-refractivity contribution in [1.29, 1.82) is 0 Å². The highest BCUT2D eigenvalue weighted by Gasteiger charge is 2.57. The number of carbonyl (C=O) groups is 2. The molecule has 5 nitrogen and oxygen atoms in total. The Morgan fingerprint density at radius 3 is 2.70 bits per heavy atom. The fraction of sp³-hybridized carbons (Fsp3) is 0.500. The van der Waals surface area contributed by atoms with Crippen LogP contribution in [0.3, 0.4) is 0 Å². The minimum Gasteiger partial charge on any atom is -0.481 e. The Morgan fingerprint density at radius 2 is 1.94 bits per heavy atom. The molecule has 0 aliphatic heterocycles. The average molecular weight is 448 g/mol. The van der Waals surface area contributed by atoms with Gasteiger partial charge in [0.05, 0.1) is 12.5 Å². The van der Waals surface area contributed by atoms with E-state index in [0.29, 0.717) is 23.3 Å². The van der Waals surface area contributed by atoms with Crippen LogP contribution in [-0.2, 0) is 24.1 Å². The van der Waals surface area contributed by atoms with Gasteiger partial charge in [-0.1, -0.05) is 37.3 Å². The van der Waals surface area contributed by atoms with E-state index in [9.17, 15) is 14.7 Å². The lowest BCUT2D eigenvalue weighted by molar-refractivity contribution is -0.136. The lowest BCUT2D eigenvalue weighted by atomic mass is 9.55. The smallest absolute Gasteiger partial charge is 0.307 e.